The number of ether oxygens (including phenoxy) is 2. The Morgan fingerprint density at radius 2 is 1.13 bits per heavy atom. The van der Waals surface area contributed by atoms with Gasteiger partial charge in [0.2, 0.25) is 0 Å². The van der Waals surface area contributed by atoms with Gasteiger partial charge in [-0.3, -0.25) is 0 Å². The molecule has 0 amide bonds. The van der Waals surface area contributed by atoms with Gasteiger partial charge >= 0.3 is 139 Å². The van der Waals surface area contributed by atoms with Crippen molar-refractivity contribution in [1.82, 2.24) is 0 Å². The third-order valence-electron chi connectivity index (χ3n) is 3.59. The molecule has 0 radical (unpaired) electrons. The van der Waals surface area contributed by atoms with Crippen LogP contribution in [0.4, 0.5) is 8.78 Å². The van der Waals surface area contributed by atoms with Gasteiger partial charge in [0.25, 0.3) is 0 Å². The Kier molecular flexibility index (Phi) is 4.51. The molecule has 2 aromatic carbocycles. The van der Waals surface area contributed by atoms with Crippen LogP contribution in [0.3, 0.4) is 0 Å². The van der Waals surface area contributed by atoms with Crippen molar-refractivity contribution < 1.29 is 18.3 Å². The van der Waals surface area contributed by atoms with Crippen LogP contribution in [0.2, 0.25) is 0 Å². The third-order valence-corrected chi connectivity index (χ3v) is 5.15. The molecule has 118 valence electrons. The summed E-state index contributed by atoms with van der Waals surface area (Å²) in [6.45, 7) is 0. The van der Waals surface area contributed by atoms with Crippen LogP contribution in [0, 0.1) is 11.6 Å². The molecule has 2 nitrogen and oxygen atoms in total. The number of hydrogen-bond acceptors (Lipinski definition) is 2. The van der Waals surface area contributed by atoms with Gasteiger partial charge in [0.05, 0.1) is 0 Å². The molecule has 3 rings (SSSR count). The van der Waals surface area contributed by atoms with Gasteiger partial charge in [-0.05, 0) is 0 Å². The minimum atomic E-state index is -0.381. The zero-order chi connectivity index (χ0) is 16.4. The van der Waals surface area contributed by atoms with E-state index in [1.807, 2.05) is 9.88 Å². The molecule has 23 heavy (non-hydrogen) atoms. The van der Waals surface area contributed by atoms with Crippen molar-refractivity contribution in [3.63, 3.8) is 0 Å². The number of hydrogen-bond donors (Lipinski definition) is 0. The van der Waals surface area contributed by atoms with Crippen molar-refractivity contribution in [3.05, 3.63) is 57.9 Å². The van der Waals surface area contributed by atoms with Crippen LogP contribution >= 0.6 is 0 Å². The number of benzene rings is 2. The van der Waals surface area contributed by atoms with E-state index in [9.17, 15) is 8.78 Å². The van der Waals surface area contributed by atoms with Gasteiger partial charge in [-0.15, -0.1) is 0 Å². The second kappa shape index (κ2) is 6.57. The van der Waals surface area contributed by atoms with Gasteiger partial charge in [0.15, 0.2) is 0 Å². The van der Waals surface area contributed by atoms with E-state index in [0.29, 0.717) is 33.8 Å². The summed E-state index contributed by atoms with van der Waals surface area (Å²) < 4.78 is 38.7. The Bertz CT molecular complexity index is 775. The Balaban J connectivity index is 2.10. The van der Waals surface area contributed by atoms with E-state index in [1.54, 1.807) is 24.3 Å². The van der Waals surface area contributed by atoms with E-state index >= 15 is 0 Å². The van der Waals surface area contributed by atoms with Crippen LogP contribution in [0.5, 0.6) is 11.5 Å². The minimum absolute atomic E-state index is 0.0728. The molecular formula is C18H14F2O2Se. The SMILES string of the molecule is COc1ccc(-c2c[se]cc2-c2ccc(OC)cc2F)c(F)c1. The molecule has 0 atom stereocenters. The Morgan fingerprint density at radius 1 is 0.696 bits per heavy atom. The number of halogens is 2. The first-order valence-electron chi connectivity index (χ1n) is 6.88. The van der Waals surface area contributed by atoms with Gasteiger partial charge in [-0.25, -0.2) is 0 Å². The summed E-state index contributed by atoms with van der Waals surface area (Å²) in [5, 5.41) is 0. The van der Waals surface area contributed by atoms with Crippen LogP contribution in [0.1, 0.15) is 0 Å². The van der Waals surface area contributed by atoms with Gasteiger partial charge < -0.3 is 0 Å². The van der Waals surface area contributed by atoms with Gasteiger partial charge in [-0.1, -0.05) is 0 Å². The molecule has 0 N–H and O–H groups in total. The van der Waals surface area contributed by atoms with Crippen molar-refractivity contribution in [3.8, 4) is 33.8 Å². The molecule has 0 unspecified atom stereocenters. The average molecular weight is 379 g/mol. The van der Waals surface area contributed by atoms with Crippen molar-refractivity contribution >= 4 is 14.5 Å². The molecule has 0 aliphatic heterocycles. The first-order valence-corrected chi connectivity index (χ1v) is 8.86. The maximum absolute atomic E-state index is 14.3. The second-order valence-electron chi connectivity index (χ2n) is 4.89. The summed E-state index contributed by atoms with van der Waals surface area (Å²) in [7, 11) is 2.98. The molecular weight excluding hydrogens is 365 g/mol. The molecule has 0 aliphatic carbocycles. The fraction of sp³-hybridized carbons (Fsp3) is 0.111. The van der Waals surface area contributed by atoms with E-state index in [-0.39, 0.29) is 26.1 Å². The monoisotopic (exact) mass is 380 g/mol. The molecule has 0 bridgehead atoms. The topological polar surface area (TPSA) is 18.5 Å². The van der Waals surface area contributed by atoms with Crippen molar-refractivity contribution in [2.75, 3.05) is 14.2 Å². The van der Waals surface area contributed by atoms with E-state index in [2.05, 4.69) is 0 Å². The molecule has 0 saturated carbocycles. The molecule has 1 aromatic heterocycles. The Hall–Kier alpha value is -2.10. The van der Waals surface area contributed by atoms with E-state index in [0.717, 1.165) is 0 Å². The molecule has 3 aromatic rings. The summed E-state index contributed by atoms with van der Waals surface area (Å²) in [5.74, 6) is 0.147. The maximum atomic E-state index is 14.3. The zero-order valence-electron chi connectivity index (χ0n) is 12.6. The fourth-order valence-electron chi connectivity index (χ4n) is 2.40. The van der Waals surface area contributed by atoms with Crippen LogP contribution < -0.4 is 9.47 Å². The molecule has 0 aliphatic rings. The normalized spacial score (nSPS) is 10.6. The predicted octanol–water partition coefficient (Wildman–Crippen LogP) is 4.37. The van der Waals surface area contributed by atoms with Gasteiger partial charge in [0.1, 0.15) is 0 Å². The summed E-state index contributed by atoms with van der Waals surface area (Å²) in [5.41, 5.74) is 2.33. The molecule has 0 fully saturated rings. The van der Waals surface area contributed by atoms with E-state index in [1.165, 1.54) is 26.4 Å². The van der Waals surface area contributed by atoms with Crippen molar-refractivity contribution in [2.45, 2.75) is 0 Å². The quantitative estimate of drug-likeness (QED) is 0.627. The van der Waals surface area contributed by atoms with Gasteiger partial charge in [0, 0.05) is 0 Å². The van der Waals surface area contributed by atoms with Crippen LogP contribution in [0.15, 0.2) is 46.3 Å². The zero-order valence-corrected chi connectivity index (χ0v) is 14.3. The van der Waals surface area contributed by atoms with Crippen LogP contribution in [-0.2, 0) is 0 Å². The van der Waals surface area contributed by atoms with E-state index < -0.39 is 0 Å². The van der Waals surface area contributed by atoms with Gasteiger partial charge in [-0.2, -0.15) is 0 Å². The molecule has 0 saturated heterocycles. The number of rotatable bonds is 4. The van der Waals surface area contributed by atoms with Crippen molar-refractivity contribution in [1.29, 1.82) is 0 Å². The molecule has 1 heterocycles. The predicted molar refractivity (Wildman–Crippen MR) is 87.3 cm³/mol. The first kappa shape index (κ1) is 15.8. The summed E-state index contributed by atoms with van der Waals surface area (Å²) in [6.07, 6.45) is 0. The third kappa shape index (κ3) is 3.03. The van der Waals surface area contributed by atoms with E-state index in [4.69, 9.17) is 9.47 Å². The van der Waals surface area contributed by atoms with Crippen LogP contribution in [-0.4, -0.2) is 28.7 Å². The van der Waals surface area contributed by atoms with Crippen molar-refractivity contribution in [2.24, 2.45) is 0 Å². The average Bonchev–Trinajstić information content (AvgIpc) is 3.03. The fourth-order valence-corrected chi connectivity index (χ4v) is 4.18. The Morgan fingerprint density at radius 3 is 1.48 bits per heavy atom. The molecule has 5 heteroatoms. The standard InChI is InChI=1S/C18H14F2O2Se/c1-21-11-3-5-13(17(19)7-11)15-9-23-10-16(15)14-6-4-12(22-2)8-18(14)20/h3-10H,1-2H3. The Labute approximate surface area is 139 Å². The summed E-state index contributed by atoms with van der Waals surface area (Å²) in [4.78, 5) is 3.91. The summed E-state index contributed by atoms with van der Waals surface area (Å²) >= 11 is 0.0728. The van der Waals surface area contributed by atoms with Crippen LogP contribution in [0.25, 0.3) is 22.3 Å². The first-order chi connectivity index (χ1) is 11.1. The molecule has 0 spiro atoms. The second-order valence-corrected chi connectivity index (χ2v) is 6.45. The number of methoxy groups -OCH3 is 2. The summed E-state index contributed by atoms with van der Waals surface area (Å²) in [6, 6.07) is 9.40.